The van der Waals surface area contributed by atoms with Crippen molar-refractivity contribution in [3.8, 4) is 0 Å². The second-order valence-electron chi connectivity index (χ2n) is 5.17. The SMILES string of the molecule is CO[C@@]1(C)CC[C@]2(O)C(=O)O[C@H]3[C@@H](O)CO[C@]32O1. The zero-order chi connectivity index (χ0) is 13.2. The Morgan fingerprint density at radius 3 is 2.83 bits per heavy atom. The van der Waals surface area contributed by atoms with Crippen LogP contribution in [0.5, 0.6) is 0 Å². The number of carbonyl (C=O) groups is 1. The van der Waals surface area contributed by atoms with Crippen LogP contribution in [0.1, 0.15) is 19.8 Å². The van der Waals surface area contributed by atoms with Crippen LogP contribution in [0.2, 0.25) is 0 Å². The first-order chi connectivity index (χ1) is 8.37. The minimum Gasteiger partial charge on any atom is -0.451 e. The molecule has 18 heavy (non-hydrogen) atoms. The molecule has 7 heteroatoms. The van der Waals surface area contributed by atoms with Crippen LogP contribution in [-0.4, -0.2) is 59.3 Å². The molecule has 3 heterocycles. The average Bonchev–Trinajstić information content (AvgIpc) is 2.75. The molecule has 102 valence electrons. The third kappa shape index (κ3) is 1.23. The van der Waals surface area contributed by atoms with Crippen molar-refractivity contribution in [3.05, 3.63) is 0 Å². The van der Waals surface area contributed by atoms with Crippen LogP contribution in [-0.2, 0) is 23.7 Å². The fourth-order valence-electron chi connectivity index (χ4n) is 2.87. The zero-order valence-electron chi connectivity index (χ0n) is 10.2. The minimum absolute atomic E-state index is 0.0555. The van der Waals surface area contributed by atoms with Crippen LogP contribution >= 0.6 is 0 Å². The molecule has 3 aliphatic heterocycles. The molecule has 0 saturated carbocycles. The van der Waals surface area contributed by atoms with Crippen molar-refractivity contribution in [2.45, 2.75) is 49.1 Å². The van der Waals surface area contributed by atoms with Crippen molar-refractivity contribution in [1.82, 2.24) is 0 Å². The Kier molecular flexibility index (Phi) is 2.34. The maximum Gasteiger partial charge on any atom is 0.344 e. The summed E-state index contributed by atoms with van der Waals surface area (Å²) in [6.07, 6.45) is -1.62. The molecule has 1 spiro atoms. The van der Waals surface area contributed by atoms with Gasteiger partial charge in [-0.1, -0.05) is 0 Å². The highest BCUT2D eigenvalue weighted by molar-refractivity contribution is 5.84. The van der Waals surface area contributed by atoms with Crippen LogP contribution < -0.4 is 0 Å². The van der Waals surface area contributed by atoms with E-state index in [2.05, 4.69) is 0 Å². The second kappa shape index (κ2) is 3.43. The minimum atomic E-state index is -1.88. The van der Waals surface area contributed by atoms with E-state index in [1.165, 1.54) is 7.11 Å². The molecule has 3 saturated heterocycles. The van der Waals surface area contributed by atoms with Crippen molar-refractivity contribution in [3.63, 3.8) is 0 Å². The van der Waals surface area contributed by atoms with Crippen LogP contribution in [0, 0.1) is 0 Å². The Hall–Kier alpha value is -0.730. The van der Waals surface area contributed by atoms with Gasteiger partial charge in [0.1, 0.15) is 6.10 Å². The number of carbonyl (C=O) groups excluding carboxylic acids is 1. The quantitative estimate of drug-likeness (QED) is 0.578. The Morgan fingerprint density at radius 1 is 1.44 bits per heavy atom. The molecule has 7 nitrogen and oxygen atoms in total. The predicted molar refractivity (Wildman–Crippen MR) is 55.3 cm³/mol. The Bertz CT molecular complexity index is 399. The molecule has 2 N–H and O–H groups in total. The Balaban J connectivity index is 2.04. The maximum atomic E-state index is 11.8. The molecule has 0 aromatic heterocycles. The highest BCUT2D eigenvalue weighted by atomic mass is 16.8. The fourth-order valence-corrected chi connectivity index (χ4v) is 2.87. The molecule has 3 fully saturated rings. The van der Waals surface area contributed by atoms with E-state index < -0.39 is 35.4 Å². The molecular weight excluding hydrogens is 244 g/mol. The normalized spacial score (nSPS) is 55.0. The average molecular weight is 260 g/mol. The van der Waals surface area contributed by atoms with Crippen LogP contribution in [0.15, 0.2) is 0 Å². The van der Waals surface area contributed by atoms with E-state index in [9.17, 15) is 15.0 Å². The van der Waals surface area contributed by atoms with Gasteiger partial charge >= 0.3 is 5.97 Å². The summed E-state index contributed by atoms with van der Waals surface area (Å²) in [6, 6.07) is 0. The zero-order valence-corrected chi connectivity index (χ0v) is 10.2. The van der Waals surface area contributed by atoms with Gasteiger partial charge < -0.3 is 29.2 Å². The van der Waals surface area contributed by atoms with Crippen LogP contribution in [0.3, 0.4) is 0 Å². The van der Waals surface area contributed by atoms with Crippen LogP contribution in [0.25, 0.3) is 0 Å². The number of methoxy groups -OCH3 is 1. The van der Waals surface area contributed by atoms with Gasteiger partial charge in [-0.15, -0.1) is 0 Å². The van der Waals surface area contributed by atoms with Gasteiger partial charge in [0.25, 0.3) is 5.79 Å². The molecule has 0 bridgehead atoms. The number of hydrogen-bond acceptors (Lipinski definition) is 7. The fraction of sp³-hybridized carbons (Fsp3) is 0.909. The van der Waals surface area contributed by atoms with Gasteiger partial charge in [-0.3, -0.25) is 0 Å². The lowest BCUT2D eigenvalue weighted by molar-refractivity contribution is -0.401. The number of rotatable bonds is 1. The Morgan fingerprint density at radius 2 is 2.17 bits per heavy atom. The van der Waals surface area contributed by atoms with E-state index in [-0.39, 0.29) is 13.0 Å². The lowest BCUT2D eigenvalue weighted by atomic mass is 9.82. The van der Waals surface area contributed by atoms with Gasteiger partial charge in [0.15, 0.2) is 11.9 Å². The summed E-state index contributed by atoms with van der Waals surface area (Å²) in [4.78, 5) is 11.8. The highest BCUT2D eigenvalue weighted by Crippen LogP contribution is 2.53. The van der Waals surface area contributed by atoms with Crippen molar-refractivity contribution < 1.29 is 34.0 Å². The molecular formula is C11H16O7. The number of aliphatic hydroxyl groups is 2. The summed E-state index contributed by atoms with van der Waals surface area (Å²) in [5.74, 6) is -3.47. The smallest absolute Gasteiger partial charge is 0.344 e. The molecule has 0 aromatic rings. The third-order valence-electron chi connectivity index (χ3n) is 4.08. The molecule has 0 aliphatic carbocycles. The Labute approximate surface area is 104 Å². The summed E-state index contributed by atoms with van der Waals surface area (Å²) in [5.41, 5.74) is -1.88. The van der Waals surface area contributed by atoms with Gasteiger partial charge in [0.2, 0.25) is 5.60 Å². The molecule has 5 atom stereocenters. The summed E-state index contributed by atoms with van der Waals surface area (Å²) < 4.78 is 21.4. The van der Waals surface area contributed by atoms with E-state index in [1.807, 2.05) is 0 Å². The molecule has 3 rings (SSSR count). The van der Waals surface area contributed by atoms with Crippen molar-refractivity contribution in [2.75, 3.05) is 13.7 Å². The predicted octanol–water partition coefficient (Wildman–Crippen LogP) is -1.10. The van der Waals surface area contributed by atoms with E-state index in [0.29, 0.717) is 6.42 Å². The van der Waals surface area contributed by atoms with Crippen molar-refractivity contribution in [1.29, 1.82) is 0 Å². The van der Waals surface area contributed by atoms with Crippen LogP contribution in [0.4, 0.5) is 0 Å². The molecule has 3 aliphatic rings. The summed E-state index contributed by atoms with van der Waals surface area (Å²) in [5, 5.41) is 20.3. The van der Waals surface area contributed by atoms with E-state index >= 15 is 0 Å². The first kappa shape index (κ1) is 12.3. The third-order valence-corrected chi connectivity index (χ3v) is 4.08. The van der Waals surface area contributed by atoms with Gasteiger partial charge in [0.05, 0.1) is 6.61 Å². The summed E-state index contributed by atoms with van der Waals surface area (Å²) in [7, 11) is 1.47. The number of ether oxygens (including phenoxy) is 4. The topological polar surface area (TPSA) is 94.5 Å². The first-order valence-electron chi connectivity index (χ1n) is 5.88. The number of esters is 1. The van der Waals surface area contributed by atoms with Gasteiger partial charge in [-0.05, 0) is 13.3 Å². The largest absolute Gasteiger partial charge is 0.451 e. The molecule has 0 amide bonds. The lowest BCUT2D eigenvalue weighted by Crippen LogP contribution is -2.66. The monoisotopic (exact) mass is 260 g/mol. The summed E-state index contributed by atoms with van der Waals surface area (Å²) in [6.45, 7) is 1.63. The standard InChI is InChI=1S/C11H16O7/c1-9(15-2)3-4-10(14)8(13)17-7-6(12)5-16-11(7,10)18-9/h6-7,12,14H,3-5H2,1-2H3/t6-,7-,9+,10-,11-/m0/s1. The van der Waals surface area contributed by atoms with Crippen molar-refractivity contribution >= 4 is 5.97 Å². The van der Waals surface area contributed by atoms with E-state index in [1.54, 1.807) is 6.92 Å². The first-order valence-corrected chi connectivity index (χ1v) is 5.88. The van der Waals surface area contributed by atoms with Gasteiger partial charge in [0, 0.05) is 13.5 Å². The van der Waals surface area contributed by atoms with Crippen molar-refractivity contribution in [2.24, 2.45) is 0 Å². The lowest BCUT2D eigenvalue weighted by Gasteiger charge is -2.47. The second-order valence-corrected chi connectivity index (χ2v) is 5.17. The highest BCUT2D eigenvalue weighted by Gasteiger charge is 2.77. The van der Waals surface area contributed by atoms with E-state index in [0.717, 1.165) is 0 Å². The molecule has 0 aromatic carbocycles. The molecule has 0 radical (unpaired) electrons. The molecule has 0 unspecified atom stereocenters. The van der Waals surface area contributed by atoms with E-state index in [4.69, 9.17) is 18.9 Å². The maximum absolute atomic E-state index is 11.8. The summed E-state index contributed by atoms with van der Waals surface area (Å²) >= 11 is 0. The van der Waals surface area contributed by atoms with Gasteiger partial charge in [-0.2, -0.15) is 0 Å². The number of aliphatic hydroxyl groups excluding tert-OH is 1. The van der Waals surface area contributed by atoms with Gasteiger partial charge in [-0.25, -0.2) is 4.79 Å². The number of hydrogen-bond donors (Lipinski definition) is 2.